The Bertz CT molecular complexity index is 1050. The lowest BCUT2D eigenvalue weighted by Crippen LogP contribution is -2.13. The van der Waals surface area contributed by atoms with Crippen LogP contribution in [0, 0.1) is 29.2 Å². The smallest absolute Gasteiger partial charge is 0.195 e. The Kier molecular flexibility index (Phi) is 6.45. The van der Waals surface area contributed by atoms with Gasteiger partial charge in [-0.15, -0.1) is 0 Å². The summed E-state index contributed by atoms with van der Waals surface area (Å²) in [7, 11) is 0. The molecule has 0 amide bonds. The highest BCUT2D eigenvalue weighted by atomic mass is 19.2. The molecule has 3 aromatic carbocycles. The zero-order chi connectivity index (χ0) is 22.0. The average molecular weight is 426 g/mol. The molecule has 0 aromatic heterocycles. The molecule has 1 saturated carbocycles. The van der Waals surface area contributed by atoms with Gasteiger partial charge in [-0.05, 0) is 66.3 Å². The zero-order valence-electron chi connectivity index (χ0n) is 17.6. The first kappa shape index (κ1) is 21.6. The summed E-state index contributed by atoms with van der Waals surface area (Å²) in [5.74, 6) is -3.84. The first-order valence-electron chi connectivity index (χ1n) is 11.0. The monoisotopic (exact) mass is 426 g/mol. The van der Waals surface area contributed by atoms with Crippen LogP contribution < -0.4 is 0 Å². The molecule has 162 valence electrons. The molecule has 0 bridgehead atoms. The lowest BCUT2D eigenvalue weighted by Gasteiger charge is -2.28. The summed E-state index contributed by atoms with van der Waals surface area (Å²) in [6.45, 7) is 2.20. The molecule has 0 radical (unpaired) electrons. The van der Waals surface area contributed by atoms with Crippen molar-refractivity contribution in [2.75, 3.05) is 0 Å². The van der Waals surface area contributed by atoms with E-state index in [2.05, 4.69) is 6.92 Å². The van der Waals surface area contributed by atoms with E-state index in [-0.39, 0.29) is 22.6 Å². The van der Waals surface area contributed by atoms with Gasteiger partial charge in [0.1, 0.15) is 5.82 Å². The highest BCUT2D eigenvalue weighted by Crippen LogP contribution is 2.41. The van der Waals surface area contributed by atoms with Gasteiger partial charge in [0.15, 0.2) is 17.5 Å². The van der Waals surface area contributed by atoms with Crippen LogP contribution in [0.25, 0.3) is 22.3 Å². The summed E-state index contributed by atoms with van der Waals surface area (Å²) >= 11 is 0. The van der Waals surface area contributed by atoms with Crippen LogP contribution in [0.5, 0.6) is 0 Å². The van der Waals surface area contributed by atoms with Gasteiger partial charge in [0, 0.05) is 11.1 Å². The third kappa shape index (κ3) is 4.39. The predicted octanol–water partition coefficient (Wildman–Crippen LogP) is 8.65. The Labute approximate surface area is 180 Å². The van der Waals surface area contributed by atoms with E-state index in [1.54, 1.807) is 36.4 Å². The lowest BCUT2D eigenvalue weighted by molar-refractivity contribution is 0.308. The second kappa shape index (κ2) is 9.25. The molecule has 0 spiro atoms. The standard InChI is InChI=1S/C27H26F4/c1-2-6-17-9-11-18(12-10-17)20-13-14-21(23(28)15-20)25-22(19-7-4-3-5-8-19)16-24(29)26(30)27(25)31/h3-5,7-8,13-18H,2,6,9-12H2,1H3/t17-,18-. The number of hydrogen-bond donors (Lipinski definition) is 0. The summed E-state index contributed by atoms with van der Waals surface area (Å²) in [5, 5.41) is 0. The number of rotatable bonds is 5. The number of halogens is 4. The van der Waals surface area contributed by atoms with Crippen LogP contribution in [-0.4, -0.2) is 0 Å². The van der Waals surface area contributed by atoms with Gasteiger partial charge in [-0.2, -0.15) is 0 Å². The second-order valence-electron chi connectivity index (χ2n) is 8.52. The van der Waals surface area contributed by atoms with Crippen LogP contribution in [0.2, 0.25) is 0 Å². The van der Waals surface area contributed by atoms with E-state index in [1.165, 1.54) is 25.0 Å². The first-order chi connectivity index (χ1) is 15.0. The maximum atomic E-state index is 15.2. The fourth-order valence-corrected chi connectivity index (χ4v) is 4.88. The van der Waals surface area contributed by atoms with Crippen molar-refractivity contribution in [1.29, 1.82) is 0 Å². The van der Waals surface area contributed by atoms with E-state index in [9.17, 15) is 13.2 Å². The third-order valence-corrected chi connectivity index (χ3v) is 6.52. The van der Waals surface area contributed by atoms with Gasteiger partial charge in [0.25, 0.3) is 0 Å². The van der Waals surface area contributed by atoms with Gasteiger partial charge >= 0.3 is 0 Å². The largest absolute Gasteiger partial charge is 0.206 e. The molecule has 1 aliphatic carbocycles. The van der Waals surface area contributed by atoms with E-state index in [4.69, 9.17) is 0 Å². The molecule has 1 aliphatic rings. The Morgan fingerprint density at radius 3 is 2.10 bits per heavy atom. The molecule has 0 nitrogen and oxygen atoms in total. The van der Waals surface area contributed by atoms with Crippen LogP contribution >= 0.6 is 0 Å². The third-order valence-electron chi connectivity index (χ3n) is 6.52. The molecular weight excluding hydrogens is 400 g/mol. The highest BCUT2D eigenvalue weighted by molar-refractivity contribution is 5.84. The molecule has 0 N–H and O–H groups in total. The average Bonchev–Trinajstić information content (AvgIpc) is 2.79. The van der Waals surface area contributed by atoms with Gasteiger partial charge < -0.3 is 0 Å². The van der Waals surface area contributed by atoms with Gasteiger partial charge in [-0.25, -0.2) is 17.6 Å². The van der Waals surface area contributed by atoms with Crippen LogP contribution in [0.4, 0.5) is 17.6 Å². The van der Waals surface area contributed by atoms with Gasteiger partial charge in [0.05, 0.1) is 0 Å². The Morgan fingerprint density at radius 2 is 1.45 bits per heavy atom. The Hall–Kier alpha value is -2.62. The molecular formula is C27H26F4. The van der Waals surface area contributed by atoms with E-state index in [0.29, 0.717) is 5.56 Å². The number of hydrogen-bond acceptors (Lipinski definition) is 0. The molecule has 0 aliphatic heterocycles. The second-order valence-corrected chi connectivity index (χ2v) is 8.52. The number of benzene rings is 3. The van der Waals surface area contributed by atoms with Crippen LogP contribution in [0.3, 0.4) is 0 Å². The van der Waals surface area contributed by atoms with Crippen molar-refractivity contribution in [3.63, 3.8) is 0 Å². The molecule has 4 heteroatoms. The Balaban J connectivity index is 1.72. The molecule has 0 atom stereocenters. The Morgan fingerprint density at radius 1 is 0.742 bits per heavy atom. The molecule has 0 unspecified atom stereocenters. The molecule has 0 saturated heterocycles. The summed E-state index contributed by atoms with van der Waals surface area (Å²) in [6, 6.07) is 14.2. The predicted molar refractivity (Wildman–Crippen MR) is 117 cm³/mol. The van der Waals surface area contributed by atoms with Crippen molar-refractivity contribution in [2.45, 2.75) is 51.4 Å². The quantitative estimate of drug-likeness (QED) is 0.283. The van der Waals surface area contributed by atoms with Crippen molar-refractivity contribution in [3.8, 4) is 22.3 Å². The minimum atomic E-state index is -1.59. The molecule has 0 heterocycles. The first-order valence-corrected chi connectivity index (χ1v) is 11.0. The lowest BCUT2D eigenvalue weighted by atomic mass is 9.77. The SMILES string of the molecule is CCC[C@H]1CC[C@H](c2ccc(-c3c(-c4ccccc4)cc(F)c(F)c3F)c(F)c2)CC1. The summed E-state index contributed by atoms with van der Waals surface area (Å²) in [6.07, 6.45) is 6.71. The van der Waals surface area contributed by atoms with Crippen molar-refractivity contribution in [1.82, 2.24) is 0 Å². The highest BCUT2D eigenvalue weighted by Gasteiger charge is 2.25. The van der Waals surface area contributed by atoms with Crippen LogP contribution in [0.1, 0.15) is 56.9 Å². The molecule has 31 heavy (non-hydrogen) atoms. The summed E-state index contributed by atoms with van der Waals surface area (Å²) in [5.41, 5.74) is 1.21. The molecule has 1 fully saturated rings. The van der Waals surface area contributed by atoms with Crippen LogP contribution in [-0.2, 0) is 0 Å². The van der Waals surface area contributed by atoms with Gasteiger partial charge in [-0.1, -0.05) is 62.2 Å². The maximum Gasteiger partial charge on any atom is 0.195 e. The fraction of sp³-hybridized carbons (Fsp3) is 0.333. The minimum absolute atomic E-state index is 0.0568. The van der Waals surface area contributed by atoms with Gasteiger partial charge in [-0.3, -0.25) is 0 Å². The minimum Gasteiger partial charge on any atom is -0.206 e. The van der Waals surface area contributed by atoms with Crippen LogP contribution in [0.15, 0.2) is 54.6 Å². The van der Waals surface area contributed by atoms with E-state index >= 15 is 4.39 Å². The van der Waals surface area contributed by atoms with Gasteiger partial charge in [0.2, 0.25) is 0 Å². The molecule has 4 rings (SSSR count). The van der Waals surface area contributed by atoms with Crippen molar-refractivity contribution in [2.24, 2.45) is 5.92 Å². The summed E-state index contributed by atoms with van der Waals surface area (Å²) < 4.78 is 58.2. The topological polar surface area (TPSA) is 0 Å². The van der Waals surface area contributed by atoms with Crippen molar-refractivity contribution >= 4 is 0 Å². The normalized spacial score (nSPS) is 18.9. The van der Waals surface area contributed by atoms with E-state index in [1.807, 2.05) is 0 Å². The van der Waals surface area contributed by atoms with E-state index in [0.717, 1.165) is 43.2 Å². The van der Waals surface area contributed by atoms with Crippen molar-refractivity contribution in [3.05, 3.63) is 83.4 Å². The summed E-state index contributed by atoms with van der Waals surface area (Å²) in [4.78, 5) is 0. The van der Waals surface area contributed by atoms with E-state index < -0.39 is 23.3 Å². The maximum absolute atomic E-state index is 15.2. The fourth-order valence-electron chi connectivity index (χ4n) is 4.88. The zero-order valence-corrected chi connectivity index (χ0v) is 17.6. The molecule has 3 aromatic rings. The van der Waals surface area contributed by atoms with Crippen molar-refractivity contribution < 1.29 is 17.6 Å².